The first-order valence-electron chi connectivity index (χ1n) is 9.64. The van der Waals surface area contributed by atoms with Crippen LogP contribution in [0.3, 0.4) is 0 Å². The van der Waals surface area contributed by atoms with Crippen molar-refractivity contribution < 1.29 is 4.79 Å². The number of carbonyl (C=O) groups excluding carboxylic acids is 1. The number of likely N-dealkylation sites (N-methyl/N-ethyl adjacent to an activating group) is 1. The summed E-state index contributed by atoms with van der Waals surface area (Å²) in [4.78, 5) is 27.6. The van der Waals surface area contributed by atoms with E-state index in [4.69, 9.17) is 0 Å². The molecule has 5 rings (SSSR count). The lowest BCUT2D eigenvalue weighted by molar-refractivity contribution is -0.128. The van der Waals surface area contributed by atoms with Gasteiger partial charge in [-0.05, 0) is 41.8 Å². The number of fused-ring (bicyclic) bond motifs is 2. The molecule has 1 amide bonds. The van der Waals surface area contributed by atoms with Crippen LogP contribution in [0.5, 0.6) is 0 Å². The largest absolute Gasteiger partial charge is 0.325 e. The summed E-state index contributed by atoms with van der Waals surface area (Å²) >= 11 is 1.62. The molecule has 0 bridgehead atoms. The molecule has 29 heavy (non-hydrogen) atoms. The summed E-state index contributed by atoms with van der Waals surface area (Å²) in [6.45, 7) is 0. The van der Waals surface area contributed by atoms with E-state index in [1.165, 1.54) is 0 Å². The van der Waals surface area contributed by atoms with Gasteiger partial charge >= 0.3 is 0 Å². The van der Waals surface area contributed by atoms with Crippen molar-refractivity contribution in [3.8, 4) is 0 Å². The molecule has 2 heterocycles. The molecule has 0 spiro atoms. The molecular formula is C24H20N2O2S. The van der Waals surface area contributed by atoms with E-state index < -0.39 is 0 Å². The van der Waals surface area contributed by atoms with Gasteiger partial charge in [-0.1, -0.05) is 48.5 Å². The summed E-state index contributed by atoms with van der Waals surface area (Å²) in [6, 6.07) is 23.4. The molecule has 1 aliphatic rings. The zero-order chi connectivity index (χ0) is 20.0. The number of carbonyl (C=O) groups is 1. The molecule has 1 aliphatic heterocycles. The van der Waals surface area contributed by atoms with E-state index in [1.54, 1.807) is 16.2 Å². The molecule has 5 heteroatoms. The summed E-state index contributed by atoms with van der Waals surface area (Å²) in [5.74, 6) is 0.0719. The smallest absolute Gasteiger partial charge is 0.241 e. The van der Waals surface area contributed by atoms with Crippen LogP contribution in [0.1, 0.15) is 17.3 Å². The summed E-state index contributed by atoms with van der Waals surface area (Å²) in [5, 5.41) is 4.91. The Morgan fingerprint density at radius 2 is 1.62 bits per heavy atom. The molecule has 1 saturated heterocycles. The second-order valence-corrected chi connectivity index (χ2v) is 8.53. The van der Waals surface area contributed by atoms with Gasteiger partial charge in [0.1, 0.15) is 6.17 Å². The number of nitrogens with zero attached hydrogens (tertiary/aromatic N) is 1. The van der Waals surface area contributed by atoms with E-state index in [1.807, 2.05) is 79.8 Å². The first kappa shape index (κ1) is 18.0. The minimum atomic E-state index is -0.269. The Morgan fingerprint density at radius 3 is 2.45 bits per heavy atom. The topological polar surface area (TPSA) is 49.4 Å². The standard InChI is InChI=1S/C24H20N2O2S/c1-26-23(25-19(24(26)28)13-15-7-3-2-4-8-15)16-11-12-21-18(14-16)22(27)17-9-5-6-10-20(17)29-21/h2-12,14,19,23,25H,13H2,1H3/t19-,23+/m0/s1. The highest BCUT2D eigenvalue weighted by Gasteiger charge is 2.37. The fraction of sp³-hybridized carbons (Fsp3) is 0.167. The zero-order valence-electron chi connectivity index (χ0n) is 16.0. The highest BCUT2D eigenvalue weighted by Crippen LogP contribution is 2.30. The molecule has 0 aliphatic carbocycles. The Kier molecular flexibility index (Phi) is 4.42. The molecule has 0 saturated carbocycles. The lowest BCUT2D eigenvalue weighted by atomic mass is 10.1. The Hall–Kier alpha value is -3.02. The van der Waals surface area contributed by atoms with Crippen LogP contribution < -0.4 is 10.7 Å². The number of benzene rings is 3. The Balaban J connectivity index is 1.51. The van der Waals surface area contributed by atoms with Crippen molar-refractivity contribution >= 4 is 37.4 Å². The maximum absolute atomic E-state index is 13.0. The van der Waals surface area contributed by atoms with Crippen LogP contribution >= 0.6 is 11.3 Å². The second-order valence-electron chi connectivity index (χ2n) is 7.44. The van der Waals surface area contributed by atoms with Crippen LogP contribution in [-0.2, 0) is 11.2 Å². The van der Waals surface area contributed by atoms with Gasteiger partial charge in [0.05, 0.1) is 6.04 Å². The van der Waals surface area contributed by atoms with Crippen LogP contribution in [0.15, 0.2) is 77.6 Å². The number of hydrogen-bond acceptors (Lipinski definition) is 4. The average Bonchev–Trinajstić information content (AvgIpc) is 3.03. The summed E-state index contributed by atoms with van der Waals surface area (Å²) < 4.78 is 1.96. The van der Waals surface area contributed by atoms with Gasteiger partial charge in [0.2, 0.25) is 5.91 Å². The van der Waals surface area contributed by atoms with E-state index in [0.717, 1.165) is 25.9 Å². The molecule has 1 N–H and O–H groups in total. The third-order valence-electron chi connectivity index (χ3n) is 5.59. The summed E-state index contributed by atoms with van der Waals surface area (Å²) in [5.41, 5.74) is 2.11. The van der Waals surface area contributed by atoms with Gasteiger partial charge in [-0.15, -0.1) is 11.3 Å². The van der Waals surface area contributed by atoms with Crippen LogP contribution in [0.2, 0.25) is 0 Å². The highest BCUT2D eigenvalue weighted by molar-refractivity contribution is 7.24. The molecule has 1 aromatic heterocycles. The van der Waals surface area contributed by atoms with Crippen molar-refractivity contribution in [3.05, 3.63) is 94.1 Å². The molecular weight excluding hydrogens is 380 g/mol. The maximum atomic E-state index is 13.0. The second kappa shape index (κ2) is 7.10. The molecule has 1 fully saturated rings. The van der Waals surface area contributed by atoms with Gasteiger partial charge in [0.15, 0.2) is 5.43 Å². The number of nitrogens with one attached hydrogen (secondary N) is 1. The normalized spacial score (nSPS) is 19.3. The molecule has 0 unspecified atom stereocenters. The van der Waals surface area contributed by atoms with E-state index in [2.05, 4.69) is 5.32 Å². The van der Waals surface area contributed by atoms with Crippen molar-refractivity contribution in [2.75, 3.05) is 7.05 Å². The Morgan fingerprint density at radius 1 is 0.897 bits per heavy atom. The number of amides is 1. The predicted molar refractivity (Wildman–Crippen MR) is 118 cm³/mol. The van der Waals surface area contributed by atoms with Gasteiger partial charge in [-0.25, -0.2) is 0 Å². The lowest BCUT2D eigenvalue weighted by Gasteiger charge is -2.20. The Labute approximate surface area is 172 Å². The maximum Gasteiger partial charge on any atom is 0.241 e. The van der Waals surface area contributed by atoms with Crippen molar-refractivity contribution in [3.63, 3.8) is 0 Å². The van der Waals surface area contributed by atoms with Gasteiger partial charge in [0, 0.05) is 27.2 Å². The van der Waals surface area contributed by atoms with Crippen molar-refractivity contribution in [2.24, 2.45) is 0 Å². The number of hydrogen-bond donors (Lipinski definition) is 1. The lowest BCUT2D eigenvalue weighted by Crippen LogP contribution is -2.31. The average molecular weight is 401 g/mol. The molecule has 144 valence electrons. The molecule has 2 atom stereocenters. The minimum Gasteiger partial charge on any atom is -0.325 e. The minimum absolute atomic E-state index is 0.0454. The van der Waals surface area contributed by atoms with Crippen LogP contribution in [-0.4, -0.2) is 23.9 Å². The van der Waals surface area contributed by atoms with Gasteiger partial charge in [-0.3, -0.25) is 14.9 Å². The molecule has 4 nitrogen and oxygen atoms in total. The third kappa shape index (κ3) is 3.12. The Bertz CT molecular complexity index is 1280. The monoisotopic (exact) mass is 400 g/mol. The quantitative estimate of drug-likeness (QED) is 0.527. The fourth-order valence-electron chi connectivity index (χ4n) is 4.05. The van der Waals surface area contributed by atoms with E-state index in [0.29, 0.717) is 11.8 Å². The van der Waals surface area contributed by atoms with E-state index in [9.17, 15) is 9.59 Å². The summed E-state index contributed by atoms with van der Waals surface area (Å²) in [7, 11) is 1.82. The highest BCUT2D eigenvalue weighted by atomic mass is 32.1. The third-order valence-corrected chi connectivity index (χ3v) is 6.74. The SMILES string of the molecule is CN1C(=O)[C@H](Cc2ccccc2)N[C@H]1c1ccc2sc3ccccc3c(=O)c2c1. The van der Waals surface area contributed by atoms with Crippen LogP contribution in [0.25, 0.3) is 20.2 Å². The fourth-order valence-corrected chi connectivity index (χ4v) is 5.11. The zero-order valence-corrected chi connectivity index (χ0v) is 16.8. The first-order chi connectivity index (χ1) is 14.1. The predicted octanol–water partition coefficient (Wildman–Crippen LogP) is 4.09. The van der Waals surface area contributed by atoms with Crippen LogP contribution in [0, 0.1) is 0 Å². The molecule has 3 aromatic carbocycles. The van der Waals surface area contributed by atoms with Crippen molar-refractivity contribution in [1.29, 1.82) is 0 Å². The molecule has 4 aromatic rings. The summed E-state index contributed by atoms with van der Waals surface area (Å²) in [6.07, 6.45) is 0.407. The van der Waals surface area contributed by atoms with Gasteiger partial charge in [-0.2, -0.15) is 0 Å². The van der Waals surface area contributed by atoms with Crippen molar-refractivity contribution in [2.45, 2.75) is 18.6 Å². The van der Waals surface area contributed by atoms with Crippen LogP contribution in [0.4, 0.5) is 0 Å². The van der Waals surface area contributed by atoms with Gasteiger partial charge < -0.3 is 4.90 Å². The number of rotatable bonds is 3. The molecule has 0 radical (unpaired) electrons. The van der Waals surface area contributed by atoms with Gasteiger partial charge in [0.25, 0.3) is 0 Å². The van der Waals surface area contributed by atoms with Crippen molar-refractivity contribution in [1.82, 2.24) is 10.2 Å². The first-order valence-corrected chi connectivity index (χ1v) is 10.5. The van der Waals surface area contributed by atoms with E-state index in [-0.39, 0.29) is 23.5 Å². The van der Waals surface area contributed by atoms with E-state index >= 15 is 0 Å².